The molecule has 7 heteroatoms. The number of rotatable bonds is 5. The highest BCUT2D eigenvalue weighted by molar-refractivity contribution is 5.90. The van der Waals surface area contributed by atoms with Crippen LogP contribution in [0.2, 0.25) is 0 Å². The number of carbonyl (C=O) groups excluding carboxylic acids is 1. The molecule has 1 aromatic carbocycles. The van der Waals surface area contributed by atoms with Crippen LogP contribution in [0.5, 0.6) is 5.75 Å². The smallest absolute Gasteiger partial charge is 0.416 e. The first-order valence-electron chi connectivity index (χ1n) is 7.55. The van der Waals surface area contributed by atoms with Crippen LogP contribution in [0.25, 0.3) is 0 Å². The van der Waals surface area contributed by atoms with Gasteiger partial charge >= 0.3 is 6.18 Å². The molecule has 0 bridgehead atoms. The van der Waals surface area contributed by atoms with Crippen LogP contribution in [0.3, 0.4) is 0 Å². The fourth-order valence-electron chi connectivity index (χ4n) is 2.71. The summed E-state index contributed by atoms with van der Waals surface area (Å²) in [5.41, 5.74) is -0.847. The van der Waals surface area contributed by atoms with Gasteiger partial charge < -0.3 is 14.9 Å². The zero-order valence-corrected chi connectivity index (χ0v) is 13.0. The summed E-state index contributed by atoms with van der Waals surface area (Å²) in [6.07, 6.45) is -2.81. The van der Waals surface area contributed by atoms with Crippen molar-refractivity contribution < 1.29 is 32.9 Å². The summed E-state index contributed by atoms with van der Waals surface area (Å²) in [7, 11) is 0. The summed E-state index contributed by atoms with van der Waals surface area (Å²) in [5, 5.41) is 19.4. The Bertz CT molecular complexity index is 612. The molecule has 2 N–H and O–H groups in total. The number of ether oxygens (including phenoxy) is 1. The average molecular weight is 344 g/mol. The number of alkyl halides is 3. The quantitative estimate of drug-likeness (QED) is 0.806. The summed E-state index contributed by atoms with van der Waals surface area (Å²) >= 11 is 0. The number of benzene rings is 1. The van der Waals surface area contributed by atoms with E-state index in [1.807, 2.05) is 0 Å². The third kappa shape index (κ3) is 4.58. The lowest BCUT2D eigenvalue weighted by Gasteiger charge is -2.15. The van der Waals surface area contributed by atoms with Gasteiger partial charge in [-0.25, -0.2) is 0 Å². The average Bonchev–Trinajstić information content (AvgIpc) is 2.75. The van der Waals surface area contributed by atoms with Gasteiger partial charge in [-0.15, -0.1) is 0 Å². The fraction of sp³-hybridized carbons (Fsp3) is 0.471. The lowest BCUT2D eigenvalue weighted by atomic mass is 9.95. The Labute approximate surface area is 137 Å². The number of ketones is 1. The van der Waals surface area contributed by atoms with Crippen LogP contribution < -0.4 is 4.74 Å². The van der Waals surface area contributed by atoms with E-state index in [9.17, 15) is 28.2 Å². The van der Waals surface area contributed by atoms with Gasteiger partial charge in [-0.1, -0.05) is 19.1 Å². The predicted molar refractivity (Wildman–Crippen MR) is 80.4 cm³/mol. The second-order valence-electron chi connectivity index (χ2n) is 5.95. The van der Waals surface area contributed by atoms with E-state index < -0.39 is 36.3 Å². The van der Waals surface area contributed by atoms with Gasteiger partial charge in [0.15, 0.2) is 12.4 Å². The first-order valence-corrected chi connectivity index (χ1v) is 7.55. The highest BCUT2D eigenvalue weighted by atomic mass is 19.4. The van der Waals surface area contributed by atoms with Gasteiger partial charge in [-0.05, 0) is 30.2 Å². The van der Waals surface area contributed by atoms with Crippen molar-refractivity contribution in [3.8, 4) is 5.75 Å². The minimum Gasteiger partial charge on any atom is -0.485 e. The van der Waals surface area contributed by atoms with Crippen molar-refractivity contribution in [1.82, 2.24) is 0 Å². The minimum absolute atomic E-state index is 0.0451. The van der Waals surface area contributed by atoms with Gasteiger partial charge in [0, 0.05) is 12.3 Å². The van der Waals surface area contributed by atoms with Crippen molar-refractivity contribution in [2.45, 2.75) is 31.7 Å². The number of aliphatic hydroxyl groups excluding tert-OH is 2. The second kappa shape index (κ2) is 7.36. The Kier molecular flexibility index (Phi) is 5.66. The van der Waals surface area contributed by atoms with Gasteiger partial charge in [0.05, 0.1) is 17.8 Å². The molecule has 0 aliphatic heterocycles. The lowest BCUT2D eigenvalue weighted by Crippen LogP contribution is -2.18. The highest BCUT2D eigenvalue weighted by Gasteiger charge is 2.37. The second-order valence-corrected chi connectivity index (χ2v) is 5.95. The highest BCUT2D eigenvalue weighted by Crippen LogP contribution is 2.33. The molecule has 0 saturated heterocycles. The molecule has 1 fully saturated rings. The molecule has 0 unspecified atom stereocenters. The zero-order valence-electron chi connectivity index (χ0n) is 13.0. The van der Waals surface area contributed by atoms with Crippen molar-refractivity contribution >= 4 is 5.78 Å². The van der Waals surface area contributed by atoms with Crippen molar-refractivity contribution in [2.24, 2.45) is 11.8 Å². The molecule has 0 aromatic heterocycles. The van der Waals surface area contributed by atoms with Crippen LogP contribution >= 0.6 is 0 Å². The SMILES string of the molecule is C[C@@H]1[C@@H](/C=C/C(=O)COc2cccc(C(F)(F)F)c2)[C@H](O)C[C@@H]1O. The first-order chi connectivity index (χ1) is 11.2. The van der Waals surface area contributed by atoms with E-state index >= 15 is 0 Å². The topological polar surface area (TPSA) is 66.8 Å². The molecule has 1 aliphatic carbocycles. The van der Waals surface area contributed by atoms with Crippen molar-refractivity contribution in [1.29, 1.82) is 0 Å². The van der Waals surface area contributed by atoms with Crippen LogP contribution in [0.15, 0.2) is 36.4 Å². The molecular weight excluding hydrogens is 325 g/mol. The lowest BCUT2D eigenvalue weighted by molar-refractivity contribution is -0.137. The Morgan fingerprint density at radius 1 is 1.33 bits per heavy atom. The van der Waals surface area contributed by atoms with Crippen LogP contribution in [0, 0.1) is 11.8 Å². The van der Waals surface area contributed by atoms with Gasteiger partial charge in [0.25, 0.3) is 0 Å². The van der Waals surface area contributed by atoms with Crippen LogP contribution in [-0.2, 0) is 11.0 Å². The zero-order chi connectivity index (χ0) is 17.9. The summed E-state index contributed by atoms with van der Waals surface area (Å²) < 4.78 is 42.8. The first kappa shape index (κ1) is 18.5. The molecule has 1 saturated carbocycles. The molecule has 4 nitrogen and oxygen atoms in total. The molecule has 0 heterocycles. The Morgan fingerprint density at radius 3 is 2.62 bits per heavy atom. The Balaban J connectivity index is 1.91. The molecule has 2 rings (SSSR count). The van der Waals surface area contributed by atoms with E-state index in [4.69, 9.17) is 4.74 Å². The monoisotopic (exact) mass is 344 g/mol. The largest absolute Gasteiger partial charge is 0.485 e. The van der Waals surface area contributed by atoms with Crippen molar-refractivity contribution in [3.05, 3.63) is 42.0 Å². The third-order valence-electron chi connectivity index (χ3n) is 4.19. The number of aliphatic hydroxyl groups is 2. The summed E-state index contributed by atoms with van der Waals surface area (Å²) in [4.78, 5) is 11.8. The van der Waals surface area contributed by atoms with Crippen molar-refractivity contribution in [3.63, 3.8) is 0 Å². The predicted octanol–water partition coefficient (Wildman–Crippen LogP) is 2.59. The van der Waals surface area contributed by atoms with E-state index in [-0.39, 0.29) is 24.0 Å². The van der Waals surface area contributed by atoms with Gasteiger partial charge in [0.1, 0.15) is 5.75 Å². The maximum Gasteiger partial charge on any atom is 0.416 e. The summed E-state index contributed by atoms with van der Waals surface area (Å²) in [6, 6.07) is 4.29. The molecule has 4 atom stereocenters. The molecule has 132 valence electrons. The molecular formula is C17H19F3O4. The molecule has 1 aliphatic rings. The van der Waals surface area contributed by atoms with E-state index in [0.717, 1.165) is 12.1 Å². The number of hydrogen-bond donors (Lipinski definition) is 2. The van der Waals surface area contributed by atoms with E-state index in [1.165, 1.54) is 24.3 Å². The van der Waals surface area contributed by atoms with Gasteiger partial charge in [0.2, 0.25) is 0 Å². The van der Waals surface area contributed by atoms with Crippen LogP contribution in [0.1, 0.15) is 18.9 Å². The standard InChI is InChI=1S/C17H19F3O4/c1-10-14(16(23)8-15(10)22)6-5-12(21)9-24-13-4-2-3-11(7-13)17(18,19)20/h2-7,10,14-16,22-23H,8-9H2,1H3/b6-5+/t10-,14-,15+,16-/m1/s1. The molecule has 0 spiro atoms. The number of carbonyl (C=O) groups is 1. The van der Waals surface area contributed by atoms with E-state index in [2.05, 4.69) is 0 Å². The number of hydrogen-bond acceptors (Lipinski definition) is 4. The molecule has 0 radical (unpaired) electrons. The normalized spacial score (nSPS) is 27.6. The van der Waals surface area contributed by atoms with Gasteiger partial charge in [-0.2, -0.15) is 13.2 Å². The van der Waals surface area contributed by atoms with Gasteiger partial charge in [-0.3, -0.25) is 4.79 Å². The molecule has 0 amide bonds. The van der Waals surface area contributed by atoms with E-state index in [0.29, 0.717) is 0 Å². The third-order valence-corrected chi connectivity index (χ3v) is 4.19. The summed E-state index contributed by atoms with van der Waals surface area (Å²) in [5.74, 6) is -0.990. The van der Waals surface area contributed by atoms with Crippen molar-refractivity contribution in [2.75, 3.05) is 6.61 Å². The van der Waals surface area contributed by atoms with Crippen LogP contribution in [0.4, 0.5) is 13.2 Å². The maximum atomic E-state index is 12.6. The number of halogens is 3. The fourth-order valence-corrected chi connectivity index (χ4v) is 2.71. The molecule has 24 heavy (non-hydrogen) atoms. The molecule has 1 aromatic rings. The minimum atomic E-state index is -4.47. The summed E-state index contributed by atoms with van der Waals surface area (Å²) in [6.45, 7) is 1.37. The van der Waals surface area contributed by atoms with Crippen LogP contribution in [-0.4, -0.2) is 34.8 Å². The Hall–Kier alpha value is -1.86. The van der Waals surface area contributed by atoms with E-state index in [1.54, 1.807) is 6.92 Å². The maximum absolute atomic E-state index is 12.6. The Morgan fingerprint density at radius 2 is 2.04 bits per heavy atom.